The summed E-state index contributed by atoms with van der Waals surface area (Å²) in [5.74, 6) is -15.6. The number of nitrogens with one attached hydrogen (secondary N) is 9. The number of aliphatic imine (C=N–C) groups is 1. The van der Waals surface area contributed by atoms with Gasteiger partial charge in [-0.3, -0.25) is 76.9 Å². The molecule has 2 aromatic carbocycles. The number of phenols is 1. The minimum Gasteiger partial charge on any atom is -0.508 e. The van der Waals surface area contributed by atoms with Crippen molar-refractivity contribution in [1.29, 1.82) is 0 Å². The summed E-state index contributed by atoms with van der Waals surface area (Å²) >= 11 is 4.07. The second-order valence-electron chi connectivity index (χ2n) is 23.4. The molecule has 0 bridgehead atoms. The zero-order valence-corrected chi connectivity index (χ0v) is 54.7. The van der Waals surface area contributed by atoms with E-state index in [9.17, 15) is 82.1 Å². The monoisotopic (exact) mass is 1380 g/mol. The van der Waals surface area contributed by atoms with Crippen molar-refractivity contribution in [2.45, 2.75) is 170 Å². The Hall–Kier alpha value is -10.2. The van der Waals surface area contributed by atoms with E-state index in [0.717, 1.165) is 4.90 Å². The van der Waals surface area contributed by atoms with E-state index in [0.29, 0.717) is 11.1 Å². The van der Waals surface area contributed by atoms with Gasteiger partial charge in [0.05, 0.1) is 19.1 Å². The Balaban J connectivity index is 2.01. The van der Waals surface area contributed by atoms with Crippen molar-refractivity contribution in [3.63, 3.8) is 0 Å². The Morgan fingerprint density at radius 2 is 0.959 bits per heavy atom. The third-order valence-electron chi connectivity index (χ3n) is 15.0. The number of likely N-dealkylation sites (tertiary alicyclic amines) is 1. The van der Waals surface area contributed by atoms with Gasteiger partial charge in [0.1, 0.15) is 66.2 Å². The zero-order chi connectivity index (χ0) is 72.6. The first-order valence-corrected chi connectivity index (χ1v) is 31.7. The second kappa shape index (κ2) is 40.9. The van der Waals surface area contributed by atoms with Crippen molar-refractivity contribution in [1.82, 2.24) is 52.8 Å². The Kier molecular flexibility index (Phi) is 34.2. The minimum absolute atomic E-state index is 0.0160. The van der Waals surface area contributed by atoms with Crippen LogP contribution in [0, 0.1) is 5.92 Å². The summed E-state index contributed by atoms with van der Waals surface area (Å²) in [6, 6.07) is -3.62. The number of rotatable bonds is 43. The summed E-state index contributed by atoms with van der Waals surface area (Å²) < 4.78 is 0. The van der Waals surface area contributed by atoms with E-state index in [1.807, 2.05) is 0 Å². The summed E-state index contributed by atoms with van der Waals surface area (Å²) in [7, 11) is 0. The van der Waals surface area contributed by atoms with Crippen molar-refractivity contribution >= 4 is 107 Å². The average molecular weight is 1380 g/mol. The number of hydrogen-bond acceptors (Lipinski definition) is 20. The molecule has 1 aliphatic rings. The smallest absolute Gasteiger partial charge is 0.246 e. The predicted octanol–water partition coefficient (Wildman–Crippen LogP) is -7.96. The van der Waals surface area contributed by atoms with E-state index in [-0.39, 0.29) is 94.3 Å². The normalized spacial score (nSPS) is 15.6. The van der Waals surface area contributed by atoms with Crippen LogP contribution in [0.25, 0.3) is 0 Å². The van der Waals surface area contributed by atoms with Gasteiger partial charge in [-0.2, -0.15) is 12.6 Å². The Labute approximate surface area is 563 Å². The Bertz CT molecular complexity index is 3140. The number of carbonyl (C=O) groups is 15. The fourth-order valence-electron chi connectivity index (χ4n) is 9.91. The molecule has 2 aromatic rings. The molecule has 37 heteroatoms. The zero-order valence-electron chi connectivity index (χ0n) is 53.8. The lowest BCUT2D eigenvalue weighted by molar-refractivity contribution is -0.143. The van der Waals surface area contributed by atoms with Gasteiger partial charge in [-0.15, -0.1) is 0 Å². The van der Waals surface area contributed by atoms with Gasteiger partial charge in [0.2, 0.25) is 88.6 Å². The minimum atomic E-state index is -1.86. The van der Waals surface area contributed by atoms with Gasteiger partial charge >= 0.3 is 0 Å². The van der Waals surface area contributed by atoms with E-state index in [4.69, 9.17) is 45.9 Å². The first-order chi connectivity index (χ1) is 45.7. The number of primary amides is 5. The lowest BCUT2D eigenvalue weighted by Crippen LogP contribution is -2.61. The van der Waals surface area contributed by atoms with E-state index >= 15 is 0 Å². The highest BCUT2D eigenvalue weighted by atomic mass is 32.1. The Morgan fingerprint density at radius 1 is 0.526 bits per heavy atom. The molecule has 1 fully saturated rings. The molecular weight excluding hydrogens is 1290 g/mol. The third kappa shape index (κ3) is 29.2. The molecule has 3 rings (SSSR count). The molecule has 0 unspecified atom stereocenters. The Morgan fingerprint density at radius 3 is 1.42 bits per heavy atom. The number of nitrogens with zero attached hydrogens (tertiary/aromatic N) is 2. The number of amides is 15. The number of aromatic hydroxyl groups is 1. The SMILES string of the molecule is CC(C)C[C@H](NC(=O)[C@H](CCCN=C(N)N)NC(=O)[C@H](CCC(N)=O)NC(=O)[C@H](Cc1ccc(O)cc1)NC(=O)[C@H](Cc1ccccc1)NC(=O)[C@H](CCC(N)=O)NC(=O)[C@H](CO)NC(=O)[C@@H]1CCCN1C(=O)[C@H](CC(N)=O)NC(=O)[C@@H](N)CCC(N)=O)C(=O)N[C@@H](CS)C(N)=O. The number of carbonyl (C=O) groups excluding carboxylic acids is 15. The average Bonchev–Trinajstić information content (AvgIpc) is 1.64. The molecule has 11 atom stereocenters. The standard InChI is InChI=1S/C60H91N19O17S/c1-30(2)24-38(54(91)78-43(29-97)49(66)86)73-51(88)35(10-6-22-69-60(67)68)70-52(89)36(17-20-46(63)83)71-55(92)40(26-32-12-14-33(81)15-13-32)75-56(93)39(25-31-8-4-3-5-9-31)74-53(90)37(18-21-47(64)84)72-57(94)42(28-80)77-58(95)44-11-7-23-79(44)59(96)41(27-48(65)85)76-50(87)34(61)16-19-45(62)82/h3-5,8-9,12-15,30,34-44,80-81,97H,6-7,10-11,16-29,61H2,1-2H3,(H2,62,82)(H2,63,83)(H2,64,84)(H2,65,85)(H2,66,86)(H,70,89)(H,71,92)(H,72,94)(H,73,88)(H,74,90)(H,75,93)(H,76,87)(H,77,95)(H,78,91)(H4,67,68,69)/t34-,35-,36-,37-,38-,39-,40-,41-,42-,43-,44-/m0/s1. The first-order valence-electron chi connectivity index (χ1n) is 31.0. The topological polar surface area (TPSA) is 629 Å². The summed E-state index contributed by atoms with van der Waals surface area (Å²) in [4.78, 5) is 206. The molecule has 0 aliphatic carbocycles. The number of thiol groups is 1. The van der Waals surface area contributed by atoms with Crippen molar-refractivity contribution in [3.8, 4) is 5.75 Å². The molecular formula is C60H91N19O17S. The fourth-order valence-corrected chi connectivity index (χ4v) is 10.2. The third-order valence-corrected chi connectivity index (χ3v) is 15.4. The van der Waals surface area contributed by atoms with Gasteiger partial charge < -0.3 is 109 Å². The summed E-state index contributed by atoms with van der Waals surface area (Å²) in [6.45, 7) is 2.26. The molecule has 97 heavy (non-hydrogen) atoms. The molecule has 0 spiro atoms. The van der Waals surface area contributed by atoms with E-state index in [2.05, 4.69) is 65.5 Å². The molecule has 0 saturated carbocycles. The van der Waals surface area contributed by atoms with Crippen LogP contribution in [0.5, 0.6) is 5.75 Å². The molecule has 15 amide bonds. The molecule has 0 aromatic heterocycles. The molecule has 36 nitrogen and oxygen atoms in total. The highest BCUT2D eigenvalue weighted by Gasteiger charge is 2.41. The molecule has 0 radical (unpaired) electrons. The summed E-state index contributed by atoms with van der Waals surface area (Å²) in [6.07, 6.45) is -3.95. The largest absolute Gasteiger partial charge is 0.508 e. The maximum absolute atomic E-state index is 14.8. The van der Waals surface area contributed by atoms with Gasteiger partial charge in [-0.25, -0.2) is 0 Å². The molecule has 534 valence electrons. The summed E-state index contributed by atoms with van der Waals surface area (Å²) in [5, 5.41) is 42.8. The van der Waals surface area contributed by atoms with Gasteiger partial charge in [-0.05, 0) is 80.5 Å². The van der Waals surface area contributed by atoms with Gasteiger partial charge in [-0.1, -0.05) is 56.3 Å². The lowest BCUT2D eigenvalue weighted by atomic mass is 10.0. The highest BCUT2D eigenvalue weighted by molar-refractivity contribution is 7.80. The van der Waals surface area contributed by atoms with Crippen molar-refractivity contribution in [2.75, 3.05) is 25.4 Å². The molecule has 1 aliphatic heterocycles. The van der Waals surface area contributed by atoms with Crippen molar-refractivity contribution < 1.29 is 82.1 Å². The number of nitrogens with two attached hydrogens (primary N) is 8. The number of guanidine groups is 1. The molecule has 1 saturated heterocycles. The van der Waals surface area contributed by atoms with Crippen LogP contribution in [0.1, 0.15) is 102 Å². The number of aliphatic hydroxyl groups is 1. The second-order valence-corrected chi connectivity index (χ2v) is 23.8. The first kappa shape index (κ1) is 81.1. The van der Waals surface area contributed by atoms with Crippen LogP contribution in [0.15, 0.2) is 59.6 Å². The van der Waals surface area contributed by atoms with Crippen LogP contribution in [-0.4, -0.2) is 202 Å². The molecule has 27 N–H and O–H groups in total. The molecule has 1 heterocycles. The van der Waals surface area contributed by atoms with Crippen molar-refractivity contribution in [3.05, 3.63) is 65.7 Å². The van der Waals surface area contributed by atoms with Crippen LogP contribution in [0.3, 0.4) is 0 Å². The highest BCUT2D eigenvalue weighted by Crippen LogP contribution is 2.21. The van der Waals surface area contributed by atoms with Gasteiger partial charge in [0.25, 0.3) is 0 Å². The van der Waals surface area contributed by atoms with Crippen molar-refractivity contribution in [2.24, 2.45) is 56.8 Å². The van der Waals surface area contributed by atoms with E-state index in [1.54, 1.807) is 44.2 Å². The number of aliphatic hydroxyl groups excluding tert-OH is 1. The lowest BCUT2D eigenvalue weighted by Gasteiger charge is -2.30. The predicted molar refractivity (Wildman–Crippen MR) is 351 cm³/mol. The van der Waals surface area contributed by atoms with E-state index < -0.39 is 194 Å². The van der Waals surface area contributed by atoms with Crippen LogP contribution in [0.2, 0.25) is 0 Å². The van der Waals surface area contributed by atoms with E-state index in [1.165, 1.54) is 24.3 Å². The maximum atomic E-state index is 14.8. The quantitative estimate of drug-likeness (QED) is 0.0127. The van der Waals surface area contributed by atoms with Crippen LogP contribution in [-0.2, 0) is 84.8 Å². The maximum Gasteiger partial charge on any atom is 0.246 e. The number of phenolic OH excluding ortho intramolecular Hbond substituents is 1. The summed E-state index contributed by atoms with van der Waals surface area (Å²) in [5.41, 5.74) is 44.6. The van der Waals surface area contributed by atoms with Crippen LogP contribution < -0.4 is 93.7 Å². The van der Waals surface area contributed by atoms with Gasteiger partial charge in [0.15, 0.2) is 5.96 Å². The fraction of sp³-hybridized carbons (Fsp3) is 0.533. The number of benzene rings is 2. The van der Waals surface area contributed by atoms with Crippen LogP contribution >= 0.6 is 12.6 Å². The van der Waals surface area contributed by atoms with Gasteiger partial charge in [0, 0.05) is 50.9 Å². The number of hydrogen-bond donors (Lipinski definition) is 20. The van der Waals surface area contributed by atoms with Crippen LogP contribution in [0.4, 0.5) is 0 Å².